The summed E-state index contributed by atoms with van der Waals surface area (Å²) in [5.41, 5.74) is 0.578. The Morgan fingerprint density at radius 3 is 2.50 bits per heavy atom. The smallest absolute Gasteiger partial charge is 0.307 e. The maximum absolute atomic E-state index is 12.3. The summed E-state index contributed by atoms with van der Waals surface area (Å²) in [6.45, 7) is 0. The zero-order valence-corrected chi connectivity index (χ0v) is 11.5. The second-order valence-electron chi connectivity index (χ2n) is 5.03. The highest BCUT2D eigenvalue weighted by Crippen LogP contribution is 2.32. The van der Waals surface area contributed by atoms with Gasteiger partial charge in [-0.25, -0.2) is 0 Å². The monoisotopic (exact) mass is 277 g/mol. The third-order valence-electron chi connectivity index (χ3n) is 3.78. The number of nitrogens with one attached hydrogen (secondary N) is 1. The minimum absolute atomic E-state index is 0.235. The second kappa shape index (κ2) is 6.41. The lowest BCUT2D eigenvalue weighted by Gasteiger charge is -2.27. The Kier molecular flexibility index (Phi) is 4.61. The van der Waals surface area contributed by atoms with Crippen LogP contribution in [-0.4, -0.2) is 24.1 Å². The average molecular weight is 277 g/mol. The van der Waals surface area contributed by atoms with Gasteiger partial charge in [0.05, 0.1) is 24.6 Å². The van der Waals surface area contributed by atoms with Crippen LogP contribution in [0.2, 0.25) is 0 Å². The number of carbonyl (C=O) groups excluding carboxylic acids is 1. The van der Waals surface area contributed by atoms with Crippen LogP contribution in [0.15, 0.2) is 24.3 Å². The van der Waals surface area contributed by atoms with E-state index in [2.05, 4.69) is 5.32 Å². The molecule has 0 aliphatic heterocycles. The van der Waals surface area contributed by atoms with E-state index in [0.29, 0.717) is 24.3 Å². The topological polar surface area (TPSA) is 75.6 Å². The second-order valence-corrected chi connectivity index (χ2v) is 5.03. The van der Waals surface area contributed by atoms with Gasteiger partial charge in [-0.2, -0.15) is 0 Å². The minimum atomic E-state index is -0.884. The Bertz CT molecular complexity index is 500. The number of carbonyl (C=O) groups is 2. The van der Waals surface area contributed by atoms with Gasteiger partial charge in [0.1, 0.15) is 5.75 Å². The normalized spacial score (nSPS) is 22.1. The Hall–Kier alpha value is -2.04. The number of aliphatic carboxylic acids is 1. The molecule has 5 heteroatoms. The van der Waals surface area contributed by atoms with Crippen LogP contribution in [0.1, 0.15) is 25.7 Å². The molecule has 1 aliphatic rings. The Morgan fingerprint density at radius 2 is 1.85 bits per heavy atom. The lowest BCUT2D eigenvalue weighted by atomic mass is 9.78. The van der Waals surface area contributed by atoms with Gasteiger partial charge in [0.2, 0.25) is 5.91 Å². The van der Waals surface area contributed by atoms with E-state index in [4.69, 9.17) is 4.74 Å². The molecule has 0 heterocycles. The van der Waals surface area contributed by atoms with Gasteiger partial charge in [-0.05, 0) is 25.0 Å². The van der Waals surface area contributed by atoms with Crippen molar-refractivity contribution in [1.82, 2.24) is 0 Å². The number of hydrogen-bond donors (Lipinski definition) is 2. The van der Waals surface area contributed by atoms with Crippen LogP contribution in [-0.2, 0) is 9.59 Å². The van der Waals surface area contributed by atoms with Crippen molar-refractivity contribution in [2.75, 3.05) is 12.4 Å². The molecule has 0 radical (unpaired) electrons. The summed E-state index contributed by atoms with van der Waals surface area (Å²) in [4.78, 5) is 23.6. The van der Waals surface area contributed by atoms with Gasteiger partial charge in [0.15, 0.2) is 0 Å². The van der Waals surface area contributed by atoms with Crippen LogP contribution in [0, 0.1) is 11.8 Å². The number of carboxylic acids is 1. The number of amides is 1. The first-order chi connectivity index (χ1) is 9.63. The SMILES string of the molecule is COc1ccccc1NC(=O)[C@H]1CCCC[C@H]1C(=O)O. The fourth-order valence-electron chi connectivity index (χ4n) is 2.71. The molecule has 2 N–H and O–H groups in total. The number of benzene rings is 1. The van der Waals surface area contributed by atoms with E-state index in [1.165, 1.54) is 7.11 Å². The predicted molar refractivity (Wildman–Crippen MR) is 74.7 cm³/mol. The van der Waals surface area contributed by atoms with E-state index in [1.54, 1.807) is 18.2 Å². The molecule has 0 saturated heterocycles. The summed E-state index contributed by atoms with van der Waals surface area (Å²) in [6, 6.07) is 7.11. The number of methoxy groups -OCH3 is 1. The summed E-state index contributed by atoms with van der Waals surface area (Å²) in [5.74, 6) is -1.60. The van der Waals surface area contributed by atoms with E-state index in [0.717, 1.165) is 12.8 Å². The van der Waals surface area contributed by atoms with Crippen LogP contribution in [0.25, 0.3) is 0 Å². The van der Waals surface area contributed by atoms with Crippen LogP contribution in [0.4, 0.5) is 5.69 Å². The molecule has 1 aromatic carbocycles. The summed E-state index contributed by atoms with van der Waals surface area (Å²) >= 11 is 0. The molecule has 2 rings (SSSR count). The zero-order chi connectivity index (χ0) is 14.5. The van der Waals surface area contributed by atoms with Crippen molar-refractivity contribution in [1.29, 1.82) is 0 Å². The summed E-state index contributed by atoms with van der Waals surface area (Å²) in [7, 11) is 1.53. The molecule has 0 spiro atoms. The minimum Gasteiger partial charge on any atom is -0.495 e. The van der Waals surface area contributed by atoms with Crippen LogP contribution < -0.4 is 10.1 Å². The molecule has 1 aromatic rings. The summed E-state index contributed by atoms with van der Waals surface area (Å²) < 4.78 is 5.18. The van der Waals surface area contributed by atoms with Crippen molar-refractivity contribution in [2.45, 2.75) is 25.7 Å². The largest absolute Gasteiger partial charge is 0.495 e. The highest BCUT2D eigenvalue weighted by molar-refractivity contribution is 5.96. The van der Waals surface area contributed by atoms with Gasteiger partial charge >= 0.3 is 5.97 Å². The van der Waals surface area contributed by atoms with Gasteiger partial charge in [-0.15, -0.1) is 0 Å². The fraction of sp³-hybridized carbons (Fsp3) is 0.467. The Morgan fingerprint density at radius 1 is 1.20 bits per heavy atom. The number of ether oxygens (including phenoxy) is 1. The Labute approximate surface area is 117 Å². The molecule has 1 aliphatic carbocycles. The molecule has 2 atom stereocenters. The molecule has 0 unspecified atom stereocenters. The standard InChI is InChI=1S/C15H19NO4/c1-20-13-9-5-4-8-12(13)16-14(17)10-6-2-3-7-11(10)15(18)19/h4-5,8-11H,2-3,6-7H2,1H3,(H,16,17)(H,18,19)/t10-,11+/m0/s1. The highest BCUT2D eigenvalue weighted by Gasteiger charge is 2.35. The van der Waals surface area contributed by atoms with Crippen molar-refractivity contribution in [3.05, 3.63) is 24.3 Å². The van der Waals surface area contributed by atoms with Gasteiger partial charge in [-0.1, -0.05) is 25.0 Å². The van der Waals surface area contributed by atoms with Crippen LogP contribution in [0.5, 0.6) is 5.75 Å². The van der Waals surface area contributed by atoms with Gasteiger partial charge in [-0.3, -0.25) is 9.59 Å². The molecule has 20 heavy (non-hydrogen) atoms. The van der Waals surface area contributed by atoms with E-state index in [1.807, 2.05) is 6.07 Å². The molecular formula is C15H19NO4. The molecule has 0 aromatic heterocycles. The third-order valence-corrected chi connectivity index (χ3v) is 3.78. The van der Waals surface area contributed by atoms with Gasteiger partial charge < -0.3 is 15.2 Å². The van der Waals surface area contributed by atoms with Crippen molar-refractivity contribution < 1.29 is 19.4 Å². The van der Waals surface area contributed by atoms with Crippen molar-refractivity contribution >= 4 is 17.6 Å². The molecule has 5 nitrogen and oxygen atoms in total. The maximum Gasteiger partial charge on any atom is 0.307 e. The van der Waals surface area contributed by atoms with Gasteiger partial charge in [0.25, 0.3) is 0 Å². The molecule has 1 saturated carbocycles. The van der Waals surface area contributed by atoms with Gasteiger partial charge in [0, 0.05) is 0 Å². The first kappa shape index (κ1) is 14.4. The van der Waals surface area contributed by atoms with E-state index in [9.17, 15) is 14.7 Å². The van der Waals surface area contributed by atoms with E-state index in [-0.39, 0.29) is 5.91 Å². The average Bonchev–Trinajstić information content (AvgIpc) is 2.47. The first-order valence-corrected chi connectivity index (χ1v) is 6.80. The number of para-hydroxylation sites is 2. The molecular weight excluding hydrogens is 258 g/mol. The zero-order valence-electron chi connectivity index (χ0n) is 11.5. The number of hydrogen-bond acceptors (Lipinski definition) is 3. The van der Waals surface area contributed by atoms with E-state index < -0.39 is 17.8 Å². The predicted octanol–water partition coefficient (Wildman–Crippen LogP) is 2.52. The summed E-state index contributed by atoms with van der Waals surface area (Å²) in [5, 5.41) is 12.0. The highest BCUT2D eigenvalue weighted by atomic mass is 16.5. The Balaban J connectivity index is 2.12. The lowest BCUT2D eigenvalue weighted by Crippen LogP contribution is -2.36. The maximum atomic E-state index is 12.3. The van der Waals surface area contributed by atoms with Crippen molar-refractivity contribution in [3.8, 4) is 5.75 Å². The number of anilines is 1. The first-order valence-electron chi connectivity index (χ1n) is 6.80. The molecule has 0 bridgehead atoms. The summed E-state index contributed by atoms with van der Waals surface area (Å²) in [6.07, 6.45) is 2.96. The van der Waals surface area contributed by atoms with Crippen molar-refractivity contribution in [3.63, 3.8) is 0 Å². The fourth-order valence-corrected chi connectivity index (χ4v) is 2.71. The third kappa shape index (κ3) is 3.10. The quantitative estimate of drug-likeness (QED) is 0.886. The number of rotatable bonds is 4. The number of carboxylic acid groups (broad SMARTS) is 1. The van der Waals surface area contributed by atoms with Crippen molar-refractivity contribution in [2.24, 2.45) is 11.8 Å². The van der Waals surface area contributed by atoms with Crippen LogP contribution >= 0.6 is 0 Å². The molecule has 108 valence electrons. The molecule has 1 fully saturated rings. The lowest BCUT2D eigenvalue weighted by molar-refractivity contribution is -0.147. The van der Waals surface area contributed by atoms with E-state index >= 15 is 0 Å². The van der Waals surface area contributed by atoms with Crippen LogP contribution in [0.3, 0.4) is 0 Å². The molecule has 1 amide bonds.